The molecule has 2 N–H and O–H groups in total. The number of rotatable bonds is 4. The molecule has 3 rings (SSSR count). The van der Waals surface area contributed by atoms with Crippen LogP contribution in [0.25, 0.3) is 11.8 Å². The summed E-state index contributed by atoms with van der Waals surface area (Å²) >= 11 is 0. The molecule has 0 spiro atoms. The maximum atomic E-state index is 5.49. The van der Waals surface area contributed by atoms with Gasteiger partial charge in [0.1, 0.15) is 5.75 Å². The van der Waals surface area contributed by atoms with Crippen LogP contribution in [-0.4, -0.2) is 27.0 Å². The standard InChI is InChI=1S/C17H22N2O2/c1-12-16-10-15(21-11-20-2)4-3-14(16)9-17(19-12)13-5-7-18-8-6-13/h3-4,9-10,13,18-19H,1,5-8,11H2,2H3. The molecule has 112 valence electrons. The summed E-state index contributed by atoms with van der Waals surface area (Å²) in [5, 5.41) is 6.88. The molecule has 1 aromatic carbocycles. The lowest BCUT2D eigenvalue weighted by molar-refractivity contribution is 0.0511. The SMILES string of the molecule is C=C1NC(C2CCNCC2)=Cc2ccc(OCOC)cc21. The van der Waals surface area contributed by atoms with Crippen LogP contribution in [0.5, 0.6) is 5.75 Å². The van der Waals surface area contributed by atoms with E-state index in [2.05, 4.69) is 29.4 Å². The highest BCUT2D eigenvalue weighted by Crippen LogP contribution is 2.32. The number of ether oxygens (including phenoxy) is 2. The zero-order valence-electron chi connectivity index (χ0n) is 12.4. The third kappa shape index (κ3) is 3.12. The summed E-state index contributed by atoms with van der Waals surface area (Å²) in [6.07, 6.45) is 4.60. The maximum Gasteiger partial charge on any atom is 0.188 e. The van der Waals surface area contributed by atoms with E-state index in [1.165, 1.54) is 24.1 Å². The van der Waals surface area contributed by atoms with Crippen LogP contribution in [0.4, 0.5) is 0 Å². The number of fused-ring (bicyclic) bond motifs is 1. The van der Waals surface area contributed by atoms with Crippen LogP contribution in [0.1, 0.15) is 24.0 Å². The van der Waals surface area contributed by atoms with Crippen molar-refractivity contribution in [2.24, 2.45) is 5.92 Å². The van der Waals surface area contributed by atoms with E-state index in [9.17, 15) is 0 Å². The van der Waals surface area contributed by atoms with Crippen LogP contribution in [0.3, 0.4) is 0 Å². The lowest BCUT2D eigenvalue weighted by Gasteiger charge is -2.30. The Balaban J connectivity index is 1.83. The highest BCUT2D eigenvalue weighted by atomic mass is 16.7. The quantitative estimate of drug-likeness (QED) is 0.835. The van der Waals surface area contributed by atoms with Gasteiger partial charge in [-0.15, -0.1) is 0 Å². The summed E-state index contributed by atoms with van der Waals surface area (Å²) in [5.74, 6) is 1.40. The molecule has 2 aliphatic heterocycles. The Morgan fingerprint density at radius 3 is 2.86 bits per heavy atom. The summed E-state index contributed by atoms with van der Waals surface area (Å²) in [7, 11) is 1.62. The second-order valence-electron chi connectivity index (χ2n) is 5.53. The number of piperidine rings is 1. The molecule has 2 aliphatic rings. The fourth-order valence-corrected chi connectivity index (χ4v) is 2.94. The summed E-state index contributed by atoms with van der Waals surface area (Å²) < 4.78 is 10.4. The topological polar surface area (TPSA) is 42.5 Å². The van der Waals surface area contributed by atoms with E-state index in [4.69, 9.17) is 9.47 Å². The Morgan fingerprint density at radius 2 is 2.10 bits per heavy atom. The Labute approximate surface area is 125 Å². The normalized spacial score (nSPS) is 18.7. The third-order valence-corrected chi connectivity index (χ3v) is 4.08. The van der Waals surface area contributed by atoms with Crippen LogP contribution in [0.15, 0.2) is 30.5 Å². The van der Waals surface area contributed by atoms with Crippen molar-refractivity contribution in [3.05, 3.63) is 41.6 Å². The minimum Gasteiger partial charge on any atom is -0.468 e. The molecule has 1 saturated heterocycles. The van der Waals surface area contributed by atoms with E-state index in [1.54, 1.807) is 7.11 Å². The molecule has 0 unspecified atom stereocenters. The van der Waals surface area contributed by atoms with Crippen LogP contribution in [0, 0.1) is 5.92 Å². The van der Waals surface area contributed by atoms with Crippen LogP contribution >= 0.6 is 0 Å². The molecular weight excluding hydrogens is 264 g/mol. The van der Waals surface area contributed by atoms with Gasteiger partial charge in [0.05, 0.1) is 0 Å². The minimum atomic E-state index is 0.259. The van der Waals surface area contributed by atoms with Crippen molar-refractivity contribution < 1.29 is 9.47 Å². The van der Waals surface area contributed by atoms with Crippen molar-refractivity contribution in [1.29, 1.82) is 0 Å². The number of hydrogen-bond acceptors (Lipinski definition) is 4. The van der Waals surface area contributed by atoms with Gasteiger partial charge >= 0.3 is 0 Å². The number of benzene rings is 1. The molecule has 0 atom stereocenters. The second kappa shape index (κ2) is 6.33. The van der Waals surface area contributed by atoms with Gasteiger partial charge in [0.2, 0.25) is 0 Å². The van der Waals surface area contributed by atoms with Gasteiger partial charge in [-0.2, -0.15) is 0 Å². The lowest BCUT2D eigenvalue weighted by Crippen LogP contribution is -2.32. The van der Waals surface area contributed by atoms with Crippen LogP contribution < -0.4 is 15.4 Å². The molecule has 0 bridgehead atoms. The molecular formula is C17H22N2O2. The summed E-state index contributed by atoms with van der Waals surface area (Å²) in [5.41, 5.74) is 4.54. The van der Waals surface area contributed by atoms with Crippen molar-refractivity contribution in [2.75, 3.05) is 27.0 Å². The molecule has 21 heavy (non-hydrogen) atoms. The van der Waals surface area contributed by atoms with Crippen molar-refractivity contribution >= 4 is 11.8 Å². The predicted octanol–water partition coefficient (Wildman–Crippen LogP) is 2.58. The first-order chi connectivity index (χ1) is 10.3. The average Bonchev–Trinajstić information content (AvgIpc) is 2.54. The van der Waals surface area contributed by atoms with Gasteiger partial charge in [0.15, 0.2) is 6.79 Å². The molecule has 0 amide bonds. The molecule has 0 saturated carbocycles. The van der Waals surface area contributed by atoms with E-state index >= 15 is 0 Å². The van der Waals surface area contributed by atoms with Crippen molar-refractivity contribution in [2.45, 2.75) is 12.8 Å². The Hall–Kier alpha value is -1.78. The van der Waals surface area contributed by atoms with Gasteiger partial charge in [-0.05, 0) is 49.7 Å². The Kier molecular flexibility index (Phi) is 4.27. The number of allylic oxidation sites excluding steroid dienone is 1. The smallest absolute Gasteiger partial charge is 0.188 e. The molecule has 4 heteroatoms. The number of methoxy groups -OCH3 is 1. The summed E-state index contributed by atoms with van der Waals surface area (Å²) in [4.78, 5) is 0. The second-order valence-corrected chi connectivity index (χ2v) is 5.53. The maximum absolute atomic E-state index is 5.49. The van der Waals surface area contributed by atoms with Gasteiger partial charge < -0.3 is 20.1 Å². The van der Waals surface area contributed by atoms with E-state index < -0.39 is 0 Å². The molecule has 1 fully saturated rings. The van der Waals surface area contributed by atoms with Crippen molar-refractivity contribution in [3.8, 4) is 5.75 Å². The fraction of sp³-hybridized carbons (Fsp3) is 0.412. The Morgan fingerprint density at radius 1 is 1.29 bits per heavy atom. The van der Waals surface area contributed by atoms with E-state index in [1.807, 2.05) is 12.1 Å². The first-order valence-electron chi connectivity index (χ1n) is 7.42. The number of nitrogens with one attached hydrogen (secondary N) is 2. The lowest BCUT2D eigenvalue weighted by atomic mass is 9.89. The molecule has 2 heterocycles. The van der Waals surface area contributed by atoms with Gasteiger partial charge in [-0.25, -0.2) is 0 Å². The van der Waals surface area contributed by atoms with Crippen LogP contribution in [-0.2, 0) is 4.74 Å². The molecule has 0 aliphatic carbocycles. The summed E-state index contributed by atoms with van der Waals surface area (Å²) in [6, 6.07) is 6.08. The van der Waals surface area contributed by atoms with Crippen molar-refractivity contribution in [1.82, 2.24) is 10.6 Å². The fourth-order valence-electron chi connectivity index (χ4n) is 2.94. The molecule has 0 aromatic heterocycles. The molecule has 0 radical (unpaired) electrons. The summed E-state index contributed by atoms with van der Waals surface area (Å²) in [6.45, 7) is 6.61. The third-order valence-electron chi connectivity index (χ3n) is 4.08. The zero-order chi connectivity index (χ0) is 14.7. The minimum absolute atomic E-state index is 0.259. The monoisotopic (exact) mass is 286 g/mol. The molecule has 4 nitrogen and oxygen atoms in total. The van der Waals surface area contributed by atoms with Gasteiger partial charge in [-0.1, -0.05) is 12.6 Å². The van der Waals surface area contributed by atoms with E-state index in [0.717, 1.165) is 30.1 Å². The van der Waals surface area contributed by atoms with Gasteiger partial charge in [0.25, 0.3) is 0 Å². The first kappa shape index (κ1) is 14.2. The highest BCUT2D eigenvalue weighted by molar-refractivity contribution is 5.79. The van der Waals surface area contributed by atoms with Crippen LogP contribution in [0.2, 0.25) is 0 Å². The van der Waals surface area contributed by atoms with E-state index in [0.29, 0.717) is 5.92 Å². The van der Waals surface area contributed by atoms with Gasteiger partial charge in [0, 0.05) is 30.0 Å². The molecule has 1 aromatic rings. The zero-order valence-corrected chi connectivity index (χ0v) is 12.4. The highest BCUT2D eigenvalue weighted by Gasteiger charge is 2.22. The van der Waals surface area contributed by atoms with Crippen molar-refractivity contribution in [3.63, 3.8) is 0 Å². The largest absolute Gasteiger partial charge is 0.468 e. The first-order valence-corrected chi connectivity index (χ1v) is 7.42. The number of hydrogen-bond donors (Lipinski definition) is 2. The Bertz CT molecular complexity index is 560. The average molecular weight is 286 g/mol. The predicted molar refractivity (Wildman–Crippen MR) is 84.7 cm³/mol. The van der Waals surface area contributed by atoms with Gasteiger partial charge in [-0.3, -0.25) is 0 Å². The van der Waals surface area contributed by atoms with E-state index in [-0.39, 0.29) is 6.79 Å².